The minimum Gasteiger partial charge on any atom is -0.481 e. The highest BCUT2D eigenvalue weighted by Crippen LogP contribution is 2.19. The Balaban J connectivity index is 1.82. The van der Waals surface area contributed by atoms with Crippen molar-refractivity contribution in [2.45, 2.75) is 59.1 Å². The second-order valence-corrected chi connectivity index (χ2v) is 9.69. The number of nitro groups is 1. The number of nitrogens with zero attached hydrogens (tertiary/aromatic N) is 1. The first kappa shape index (κ1) is 32.4. The molecule has 2 aromatic rings. The van der Waals surface area contributed by atoms with Gasteiger partial charge < -0.3 is 25.2 Å². The Morgan fingerprint density at radius 3 is 2.15 bits per heavy atom. The molecule has 0 aliphatic carbocycles. The number of ether oxygens (including phenoxy) is 2. The van der Waals surface area contributed by atoms with Gasteiger partial charge in [-0.25, -0.2) is 4.79 Å². The summed E-state index contributed by atoms with van der Waals surface area (Å²) < 4.78 is 10.0. The topological polar surface area (TPSA) is 191 Å². The van der Waals surface area contributed by atoms with Crippen molar-refractivity contribution in [2.24, 2.45) is 11.8 Å². The minimum atomic E-state index is -1.00. The number of carboxylic acids is 1. The predicted molar refractivity (Wildman–Crippen MR) is 146 cm³/mol. The lowest BCUT2D eigenvalue weighted by atomic mass is 9.92. The molecule has 0 aliphatic heterocycles. The smallest absolute Gasteiger partial charge is 0.481 e. The fraction of sp³-hybridized carbons (Fsp3) is 0.393. The fourth-order valence-electron chi connectivity index (χ4n) is 3.64. The van der Waals surface area contributed by atoms with Crippen LogP contribution in [0.4, 0.5) is 16.2 Å². The van der Waals surface area contributed by atoms with Crippen LogP contribution in [0.25, 0.3) is 0 Å². The number of nitrogens with one attached hydrogen (secondary N) is 2. The minimum absolute atomic E-state index is 0.0130. The van der Waals surface area contributed by atoms with Gasteiger partial charge in [0.05, 0.1) is 11.0 Å². The van der Waals surface area contributed by atoms with E-state index in [1.807, 2.05) is 0 Å². The molecule has 0 radical (unpaired) electrons. The molecule has 0 heterocycles. The van der Waals surface area contributed by atoms with Gasteiger partial charge in [-0.2, -0.15) is 0 Å². The van der Waals surface area contributed by atoms with E-state index in [-0.39, 0.29) is 55.4 Å². The van der Waals surface area contributed by atoms with Crippen molar-refractivity contribution in [3.05, 3.63) is 64.2 Å². The normalized spacial score (nSPS) is 12.1. The molecular formula is C28H33N3O10. The number of benzene rings is 2. The Morgan fingerprint density at radius 2 is 1.59 bits per heavy atom. The van der Waals surface area contributed by atoms with Crippen molar-refractivity contribution < 1.29 is 43.5 Å². The van der Waals surface area contributed by atoms with Crippen LogP contribution in [-0.2, 0) is 30.5 Å². The molecule has 0 saturated carbocycles. The van der Waals surface area contributed by atoms with Gasteiger partial charge in [-0.05, 0) is 42.2 Å². The van der Waals surface area contributed by atoms with Crippen LogP contribution in [0.15, 0.2) is 48.5 Å². The number of anilines is 1. The van der Waals surface area contributed by atoms with E-state index in [2.05, 4.69) is 10.6 Å². The molecule has 220 valence electrons. The molecule has 2 aromatic carbocycles. The van der Waals surface area contributed by atoms with Gasteiger partial charge in [-0.1, -0.05) is 32.9 Å². The van der Waals surface area contributed by atoms with Crippen LogP contribution < -0.4 is 15.4 Å². The van der Waals surface area contributed by atoms with E-state index in [9.17, 15) is 34.1 Å². The Morgan fingerprint density at radius 1 is 0.951 bits per heavy atom. The van der Waals surface area contributed by atoms with E-state index in [1.165, 1.54) is 24.3 Å². The second-order valence-electron chi connectivity index (χ2n) is 9.69. The van der Waals surface area contributed by atoms with E-state index in [1.54, 1.807) is 45.0 Å². The largest absolute Gasteiger partial charge is 0.514 e. The molecule has 0 fully saturated rings. The molecule has 2 rings (SSSR count). The highest BCUT2D eigenvalue weighted by atomic mass is 16.7. The van der Waals surface area contributed by atoms with Crippen molar-refractivity contribution in [2.75, 3.05) is 5.32 Å². The van der Waals surface area contributed by atoms with Crippen LogP contribution >= 0.6 is 0 Å². The lowest BCUT2D eigenvalue weighted by molar-refractivity contribution is -0.384. The van der Waals surface area contributed by atoms with E-state index in [4.69, 9.17) is 14.6 Å². The Bertz CT molecular complexity index is 1240. The summed E-state index contributed by atoms with van der Waals surface area (Å²) in [6.45, 7) is 5.01. The molecule has 0 unspecified atom stereocenters. The summed E-state index contributed by atoms with van der Waals surface area (Å²) in [6, 6.07) is 10.6. The van der Waals surface area contributed by atoms with Gasteiger partial charge >= 0.3 is 12.1 Å². The molecule has 0 saturated heterocycles. The van der Waals surface area contributed by atoms with E-state index >= 15 is 0 Å². The number of carbonyl (C=O) groups is 5. The molecule has 2 amide bonds. The number of nitro benzene ring substituents is 1. The summed E-state index contributed by atoms with van der Waals surface area (Å²) in [5, 5.41) is 24.7. The maximum absolute atomic E-state index is 12.8. The summed E-state index contributed by atoms with van der Waals surface area (Å²) in [6.07, 6.45) is -1.09. The summed E-state index contributed by atoms with van der Waals surface area (Å²) in [7, 11) is 0. The van der Waals surface area contributed by atoms with Gasteiger partial charge in [0.1, 0.15) is 12.4 Å². The number of aliphatic carboxylic acids is 1. The molecule has 0 aliphatic rings. The van der Waals surface area contributed by atoms with Crippen LogP contribution in [-0.4, -0.2) is 45.8 Å². The van der Waals surface area contributed by atoms with Crippen molar-refractivity contribution in [3.8, 4) is 5.75 Å². The number of Topliss-reactive ketones (excluding diaryl/α,β-unsaturated/α-hetero) is 1. The summed E-state index contributed by atoms with van der Waals surface area (Å²) >= 11 is 0. The van der Waals surface area contributed by atoms with E-state index < -0.39 is 40.8 Å². The molecular weight excluding hydrogens is 538 g/mol. The van der Waals surface area contributed by atoms with Crippen LogP contribution in [0, 0.1) is 22.0 Å². The number of carboxylic acid groups (broad SMARTS) is 1. The first-order valence-corrected chi connectivity index (χ1v) is 12.9. The highest BCUT2D eigenvalue weighted by Gasteiger charge is 2.27. The maximum Gasteiger partial charge on any atom is 0.514 e. The Kier molecular flexibility index (Phi) is 12.4. The Hall–Kier alpha value is -4.81. The molecule has 13 heteroatoms. The monoisotopic (exact) mass is 571 g/mol. The lowest BCUT2D eigenvalue weighted by Gasteiger charge is -2.22. The number of rotatable bonds is 15. The van der Waals surface area contributed by atoms with Crippen molar-refractivity contribution >= 4 is 41.1 Å². The zero-order chi connectivity index (χ0) is 30.5. The van der Waals surface area contributed by atoms with Gasteiger partial charge in [-0.3, -0.25) is 29.3 Å². The van der Waals surface area contributed by atoms with Gasteiger partial charge in [0.15, 0.2) is 5.78 Å². The third kappa shape index (κ3) is 11.4. The molecule has 2 atom stereocenters. The van der Waals surface area contributed by atoms with Crippen molar-refractivity contribution in [1.29, 1.82) is 0 Å². The average Bonchev–Trinajstić information content (AvgIpc) is 2.91. The first-order chi connectivity index (χ1) is 19.3. The molecule has 0 spiro atoms. The molecule has 13 nitrogen and oxygen atoms in total. The van der Waals surface area contributed by atoms with Crippen LogP contribution in [0.1, 0.15) is 52.0 Å². The fourth-order valence-corrected chi connectivity index (χ4v) is 3.64. The van der Waals surface area contributed by atoms with E-state index in [0.717, 1.165) is 0 Å². The van der Waals surface area contributed by atoms with E-state index in [0.29, 0.717) is 11.3 Å². The van der Waals surface area contributed by atoms with Gasteiger partial charge in [0.2, 0.25) is 11.8 Å². The van der Waals surface area contributed by atoms with Gasteiger partial charge in [0, 0.05) is 43.0 Å². The first-order valence-electron chi connectivity index (χ1n) is 12.9. The third-order valence-corrected chi connectivity index (χ3v) is 5.91. The number of ketones is 1. The average molecular weight is 572 g/mol. The van der Waals surface area contributed by atoms with Gasteiger partial charge in [-0.15, -0.1) is 0 Å². The molecule has 3 N–H and O–H groups in total. The third-order valence-electron chi connectivity index (χ3n) is 5.91. The van der Waals surface area contributed by atoms with Crippen LogP contribution in [0.2, 0.25) is 0 Å². The van der Waals surface area contributed by atoms with Crippen LogP contribution in [0.5, 0.6) is 5.75 Å². The SMILES string of the molecule is CC(C)[C@H](NC(=O)CCCC(=O)O)C(=O)C[C@@H](C)C(=O)Nc1ccc(COC(=O)Oc2ccc([N+](=O)[O-])cc2)cc1. The quantitative estimate of drug-likeness (QED) is 0.121. The molecule has 0 bridgehead atoms. The van der Waals surface area contributed by atoms with Crippen molar-refractivity contribution in [3.63, 3.8) is 0 Å². The summed E-state index contributed by atoms with van der Waals surface area (Å²) in [5.74, 6) is -2.94. The zero-order valence-electron chi connectivity index (χ0n) is 23.0. The predicted octanol–water partition coefficient (Wildman–Crippen LogP) is 4.24. The lowest BCUT2D eigenvalue weighted by Crippen LogP contribution is -2.45. The number of carbonyl (C=O) groups excluding carboxylic acids is 4. The number of non-ortho nitro benzene ring substituents is 1. The van der Waals surface area contributed by atoms with Crippen molar-refractivity contribution in [1.82, 2.24) is 5.32 Å². The number of hydrogen-bond donors (Lipinski definition) is 3. The maximum atomic E-state index is 12.8. The molecule has 41 heavy (non-hydrogen) atoms. The number of amides is 2. The number of hydrogen-bond acceptors (Lipinski definition) is 9. The standard InChI is InChI=1S/C28H33N3O10/c1-17(2)26(30-24(33)5-4-6-25(34)35)23(32)15-18(3)27(36)29-20-9-7-19(8-10-20)16-40-28(37)41-22-13-11-21(12-14-22)31(38)39/h7-14,17-18,26H,4-6,15-16H2,1-3H3,(H,29,36)(H,30,33)(H,34,35)/t18-,26+/m1/s1. The molecule has 0 aromatic heterocycles. The second kappa shape index (κ2) is 15.7. The zero-order valence-corrected chi connectivity index (χ0v) is 23.0. The highest BCUT2D eigenvalue weighted by molar-refractivity contribution is 5.97. The summed E-state index contributed by atoms with van der Waals surface area (Å²) in [5.41, 5.74) is 0.915. The van der Waals surface area contributed by atoms with Gasteiger partial charge in [0.25, 0.3) is 5.69 Å². The van der Waals surface area contributed by atoms with Crippen LogP contribution in [0.3, 0.4) is 0 Å². The summed E-state index contributed by atoms with van der Waals surface area (Å²) in [4.78, 5) is 70.3. The Labute approximate surface area is 236 Å².